The van der Waals surface area contributed by atoms with Gasteiger partial charge in [0.05, 0.1) is 12.4 Å². The first kappa shape index (κ1) is 10.1. The summed E-state index contributed by atoms with van der Waals surface area (Å²) in [6.45, 7) is 0.400. The molecule has 2 rings (SSSR count). The molecule has 15 heavy (non-hydrogen) atoms. The second kappa shape index (κ2) is 4.39. The highest BCUT2D eigenvalue weighted by Gasteiger charge is 1.99. The largest absolute Gasteiger partial charge is 0.486 e. The van der Waals surface area contributed by atoms with Crippen molar-refractivity contribution in [2.75, 3.05) is 0 Å². The monoisotopic (exact) mass is 268 g/mol. The number of aryl methyl sites for hydroxylation is 1. The molecule has 0 spiro atoms. The average molecular weight is 269 g/mol. The van der Waals surface area contributed by atoms with Gasteiger partial charge in [-0.15, -0.1) is 5.10 Å². The molecule has 0 aliphatic rings. The second-order valence-electron chi connectivity index (χ2n) is 2.99. The fourth-order valence-electron chi connectivity index (χ4n) is 1.07. The normalized spacial score (nSPS) is 10.3. The molecule has 0 saturated heterocycles. The first-order valence-electron chi connectivity index (χ1n) is 4.33. The van der Waals surface area contributed by atoms with E-state index in [-0.39, 0.29) is 0 Å². The zero-order chi connectivity index (χ0) is 10.7. The van der Waals surface area contributed by atoms with Gasteiger partial charge in [-0.3, -0.25) is 4.68 Å². The van der Waals surface area contributed by atoms with E-state index in [1.807, 2.05) is 25.4 Å². The lowest BCUT2D eigenvalue weighted by Gasteiger charge is -2.02. The lowest BCUT2D eigenvalue weighted by molar-refractivity contribution is 0.300. The van der Waals surface area contributed by atoms with Crippen LogP contribution in [0.15, 0.2) is 29.1 Å². The minimum atomic E-state index is 0.400. The van der Waals surface area contributed by atoms with Gasteiger partial charge in [0.2, 0.25) is 0 Å². The van der Waals surface area contributed by atoms with Gasteiger partial charge in [0.1, 0.15) is 22.7 Å². The Labute approximate surface area is 95.2 Å². The quantitative estimate of drug-likeness (QED) is 0.793. The van der Waals surface area contributed by atoms with Crippen LogP contribution >= 0.6 is 15.9 Å². The number of halogens is 1. The van der Waals surface area contributed by atoms with Gasteiger partial charge in [-0.2, -0.15) is 0 Å². The molecule has 2 aromatic rings. The fraction of sp³-hybridized carbons (Fsp3) is 0.222. The van der Waals surface area contributed by atoms with Crippen LogP contribution in [0.2, 0.25) is 0 Å². The molecule has 2 aromatic heterocycles. The summed E-state index contributed by atoms with van der Waals surface area (Å²) in [6.07, 6.45) is 3.47. The Morgan fingerprint density at radius 2 is 2.33 bits per heavy atom. The molecule has 0 bridgehead atoms. The number of hydrogen-bond donors (Lipinski definition) is 0. The Balaban J connectivity index is 1.96. The number of pyridine rings is 1. The highest BCUT2D eigenvalue weighted by Crippen LogP contribution is 2.13. The van der Waals surface area contributed by atoms with E-state index < -0.39 is 0 Å². The van der Waals surface area contributed by atoms with Crippen LogP contribution in [0, 0.1) is 0 Å². The van der Waals surface area contributed by atoms with Crippen molar-refractivity contribution in [1.82, 2.24) is 20.0 Å². The van der Waals surface area contributed by atoms with Crippen LogP contribution in [0.5, 0.6) is 5.75 Å². The predicted octanol–water partition coefficient (Wildman–Crippen LogP) is 1.55. The van der Waals surface area contributed by atoms with Crippen LogP contribution in [0.25, 0.3) is 0 Å². The third-order valence-electron chi connectivity index (χ3n) is 1.74. The van der Waals surface area contributed by atoms with E-state index in [4.69, 9.17) is 4.74 Å². The molecule has 0 aliphatic heterocycles. The Kier molecular flexibility index (Phi) is 2.96. The fourth-order valence-corrected chi connectivity index (χ4v) is 1.30. The standard InChI is InChI=1S/C9H9BrN4O/c1-14-5-7(12-13-14)6-15-8-2-3-9(10)11-4-8/h2-5H,6H2,1H3. The number of hydrogen-bond acceptors (Lipinski definition) is 4. The summed E-state index contributed by atoms with van der Waals surface area (Å²) >= 11 is 3.25. The van der Waals surface area contributed by atoms with Gasteiger partial charge in [0.15, 0.2) is 0 Å². The maximum Gasteiger partial charge on any atom is 0.138 e. The summed E-state index contributed by atoms with van der Waals surface area (Å²) in [7, 11) is 1.82. The van der Waals surface area contributed by atoms with Crippen molar-refractivity contribution >= 4 is 15.9 Å². The topological polar surface area (TPSA) is 52.8 Å². The zero-order valence-electron chi connectivity index (χ0n) is 8.09. The van der Waals surface area contributed by atoms with Gasteiger partial charge in [0.25, 0.3) is 0 Å². The van der Waals surface area contributed by atoms with Crippen LogP contribution in [-0.4, -0.2) is 20.0 Å². The van der Waals surface area contributed by atoms with Crippen LogP contribution in [0.1, 0.15) is 5.69 Å². The molecule has 78 valence electrons. The number of aromatic nitrogens is 4. The molecule has 0 N–H and O–H groups in total. The predicted molar refractivity (Wildman–Crippen MR) is 57.3 cm³/mol. The summed E-state index contributed by atoms with van der Waals surface area (Å²) < 4.78 is 7.89. The molecule has 6 heteroatoms. The van der Waals surface area contributed by atoms with Crippen LogP contribution in [-0.2, 0) is 13.7 Å². The third kappa shape index (κ3) is 2.76. The molecule has 0 atom stereocenters. The summed E-state index contributed by atoms with van der Waals surface area (Å²) in [5, 5.41) is 7.71. The van der Waals surface area contributed by atoms with Crippen molar-refractivity contribution in [1.29, 1.82) is 0 Å². The lowest BCUT2D eigenvalue weighted by Crippen LogP contribution is -1.96. The molecule has 0 aliphatic carbocycles. The number of ether oxygens (including phenoxy) is 1. The van der Waals surface area contributed by atoms with E-state index in [0.29, 0.717) is 12.4 Å². The van der Waals surface area contributed by atoms with Crippen LogP contribution in [0.3, 0.4) is 0 Å². The molecular weight excluding hydrogens is 260 g/mol. The molecule has 0 aromatic carbocycles. The summed E-state index contributed by atoms with van der Waals surface area (Å²) in [5.41, 5.74) is 0.792. The maximum absolute atomic E-state index is 5.46. The summed E-state index contributed by atoms with van der Waals surface area (Å²) in [6, 6.07) is 3.67. The van der Waals surface area contributed by atoms with E-state index in [1.54, 1.807) is 10.9 Å². The lowest BCUT2D eigenvalue weighted by atomic mass is 10.4. The zero-order valence-corrected chi connectivity index (χ0v) is 9.68. The van der Waals surface area contributed by atoms with Gasteiger partial charge in [-0.25, -0.2) is 4.98 Å². The van der Waals surface area contributed by atoms with Gasteiger partial charge in [-0.05, 0) is 28.1 Å². The highest BCUT2D eigenvalue weighted by atomic mass is 79.9. The minimum absolute atomic E-state index is 0.400. The minimum Gasteiger partial charge on any atom is -0.486 e. The summed E-state index contributed by atoms with van der Waals surface area (Å²) in [4.78, 5) is 4.05. The highest BCUT2D eigenvalue weighted by molar-refractivity contribution is 9.10. The Morgan fingerprint density at radius 3 is 2.93 bits per heavy atom. The number of rotatable bonds is 3. The molecule has 2 heterocycles. The first-order valence-corrected chi connectivity index (χ1v) is 5.13. The van der Waals surface area contributed by atoms with Crippen molar-refractivity contribution < 1.29 is 4.74 Å². The smallest absolute Gasteiger partial charge is 0.138 e. The van der Waals surface area contributed by atoms with Crippen molar-refractivity contribution in [2.45, 2.75) is 6.61 Å². The van der Waals surface area contributed by atoms with Crippen molar-refractivity contribution in [3.05, 3.63) is 34.8 Å². The number of nitrogens with zero attached hydrogens (tertiary/aromatic N) is 4. The van der Waals surface area contributed by atoms with Gasteiger partial charge < -0.3 is 4.74 Å². The molecule has 0 amide bonds. The molecule has 5 nitrogen and oxygen atoms in total. The Hall–Kier alpha value is -1.43. The molecule has 0 saturated carbocycles. The van der Waals surface area contributed by atoms with Crippen LogP contribution in [0.4, 0.5) is 0 Å². The molecule has 0 radical (unpaired) electrons. The third-order valence-corrected chi connectivity index (χ3v) is 2.21. The van der Waals surface area contributed by atoms with E-state index in [0.717, 1.165) is 10.3 Å². The van der Waals surface area contributed by atoms with E-state index in [9.17, 15) is 0 Å². The second-order valence-corrected chi connectivity index (χ2v) is 3.80. The van der Waals surface area contributed by atoms with Gasteiger partial charge in [0, 0.05) is 7.05 Å². The van der Waals surface area contributed by atoms with Crippen LogP contribution < -0.4 is 4.74 Å². The van der Waals surface area contributed by atoms with Gasteiger partial charge in [-0.1, -0.05) is 5.21 Å². The van der Waals surface area contributed by atoms with Gasteiger partial charge >= 0.3 is 0 Å². The maximum atomic E-state index is 5.46. The SMILES string of the molecule is Cn1cc(COc2ccc(Br)nc2)nn1. The molecule has 0 fully saturated rings. The molecule has 0 unspecified atom stereocenters. The van der Waals surface area contributed by atoms with Crippen molar-refractivity contribution in [3.8, 4) is 5.75 Å². The van der Waals surface area contributed by atoms with Crippen molar-refractivity contribution in [2.24, 2.45) is 7.05 Å². The van der Waals surface area contributed by atoms with E-state index >= 15 is 0 Å². The van der Waals surface area contributed by atoms with E-state index in [2.05, 4.69) is 31.2 Å². The average Bonchev–Trinajstić information content (AvgIpc) is 2.64. The Morgan fingerprint density at radius 1 is 1.47 bits per heavy atom. The summed E-state index contributed by atoms with van der Waals surface area (Å²) in [5.74, 6) is 0.712. The first-order chi connectivity index (χ1) is 7.24. The van der Waals surface area contributed by atoms with Crippen molar-refractivity contribution in [3.63, 3.8) is 0 Å². The Bertz CT molecular complexity index is 440. The van der Waals surface area contributed by atoms with E-state index in [1.165, 1.54) is 0 Å². The molecular formula is C9H9BrN4O.